The van der Waals surface area contributed by atoms with E-state index in [-0.39, 0.29) is 49.5 Å². The van der Waals surface area contributed by atoms with Crippen molar-refractivity contribution in [3.05, 3.63) is 151 Å². The number of thiophene rings is 1. The van der Waals surface area contributed by atoms with Crippen molar-refractivity contribution < 1.29 is 17.8 Å². The van der Waals surface area contributed by atoms with E-state index >= 15 is 0 Å². The van der Waals surface area contributed by atoms with Gasteiger partial charge in [-0.05, 0) is 84.9 Å². The Morgan fingerprint density at radius 3 is 1.93 bits per heavy atom. The molecule has 2 aromatic heterocycles. The van der Waals surface area contributed by atoms with Crippen molar-refractivity contribution in [2.24, 2.45) is 0 Å². The molecule has 0 fully saturated rings. The van der Waals surface area contributed by atoms with Crippen molar-refractivity contribution in [2.45, 2.75) is 0 Å². The van der Waals surface area contributed by atoms with E-state index in [1.165, 1.54) is 0 Å². The normalized spacial score (nSPS) is 16.2. The zero-order chi connectivity index (χ0) is 40.1. The minimum atomic E-state index is -0.686. The highest BCUT2D eigenvalue weighted by Gasteiger charge is 2.20. The number of rotatable bonds is 3. The van der Waals surface area contributed by atoms with Gasteiger partial charge < -0.3 is 4.57 Å². The smallest absolute Gasteiger partial charge is 0.0727 e. The van der Waals surface area contributed by atoms with Crippen LogP contribution in [-0.4, -0.2) is 4.57 Å². The van der Waals surface area contributed by atoms with Gasteiger partial charge in [0.25, 0.3) is 0 Å². The fraction of sp³-hybridized carbons (Fsp3) is 0. The molecule has 0 unspecified atom stereocenters. The summed E-state index contributed by atoms with van der Waals surface area (Å²) in [5.41, 5.74) is 2.66. The highest BCUT2D eigenvalue weighted by atomic mass is 32.1. The Bertz CT molecular complexity index is 3410. The number of aromatic nitrogens is 1. The van der Waals surface area contributed by atoms with Crippen LogP contribution in [0.5, 0.6) is 0 Å². The number of hydrogen-bond donors (Lipinski definition) is 0. The third-order valence-electron chi connectivity index (χ3n) is 8.33. The third kappa shape index (κ3) is 3.29. The standard InChI is InChI=1S/C42H25NS/c1-3-9-26(10-4-1)31-20-15-27-18-23-34-32(21-16-28-17-22-33(31)39(27)40(28)34)29-19-24-37-36(25-29)42-41(35-13-7-8-14-38(35)44-42)43(37)30-11-5-2-6-12-30/h1-25H/i1D,3D,4D,9D,10D,15D,16D,17D,18D,20D,21D,22D,23D. The molecule has 0 saturated heterocycles. The lowest BCUT2D eigenvalue weighted by atomic mass is 9.87. The molecule has 204 valence electrons. The lowest BCUT2D eigenvalue weighted by Gasteiger charge is -2.16. The molecule has 0 bridgehead atoms. The van der Waals surface area contributed by atoms with Gasteiger partial charge in [-0.2, -0.15) is 0 Å². The Kier molecular flexibility index (Phi) is 3.04. The van der Waals surface area contributed by atoms with Crippen LogP contribution in [0.1, 0.15) is 17.8 Å². The summed E-state index contributed by atoms with van der Waals surface area (Å²) in [6, 6.07) is 16.4. The van der Waals surface area contributed by atoms with Crippen LogP contribution in [-0.2, 0) is 0 Å². The van der Waals surface area contributed by atoms with Crippen LogP contribution < -0.4 is 0 Å². The first kappa shape index (κ1) is 14.8. The first-order valence-electron chi connectivity index (χ1n) is 20.6. The number of nitrogens with zero attached hydrogens (tertiary/aromatic N) is 1. The van der Waals surface area contributed by atoms with Gasteiger partial charge in [-0.15, -0.1) is 11.3 Å². The Hall–Kier alpha value is -5.44. The van der Waals surface area contributed by atoms with Crippen LogP contribution in [0.4, 0.5) is 0 Å². The lowest BCUT2D eigenvalue weighted by molar-refractivity contribution is 1.19. The lowest BCUT2D eigenvalue weighted by Crippen LogP contribution is -1.93. The molecule has 8 aromatic carbocycles. The second-order valence-corrected chi connectivity index (χ2v) is 11.7. The monoisotopic (exact) mass is 588 g/mol. The summed E-state index contributed by atoms with van der Waals surface area (Å²) in [5.74, 6) is 0. The number of para-hydroxylation sites is 1. The summed E-state index contributed by atoms with van der Waals surface area (Å²) in [6.45, 7) is 0. The van der Waals surface area contributed by atoms with Gasteiger partial charge in [0.1, 0.15) is 0 Å². The first-order chi connectivity index (χ1) is 27.3. The van der Waals surface area contributed by atoms with E-state index in [1.54, 1.807) is 17.4 Å². The van der Waals surface area contributed by atoms with E-state index in [2.05, 4.69) is 16.7 Å². The quantitative estimate of drug-likeness (QED) is 0.181. The van der Waals surface area contributed by atoms with E-state index in [1.807, 2.05) is 54.6 Å². The maximum absolute atomic E-state index is 9.42. The summed E-state index contributed by atoms with van der Waals surface area (Å²) >= 11 is 1.62. The zero-order valence-corrected chi connectivity index (χ0v) is 23.6. The van der Waals surface area contributed by atoms with Crippen LogP contribution in [0.15, 0.2) is 151 Å². The molecule has 0 saturated carbocycles. The van der Waals surface area contributed by atoms with Crippen molar-refractivity contribution in [1.82, 2.24) is 4.57 Å². The summed E-state index contributed by atoms with van der Waals surface area (Å²) < 4.78 is 121. The second-order valence-electron chi connectivity index (χ2n) is 10.7. The predicted octanol–water partition coefficient (Wildman–Crippen LogP) is 12.2. The van der Waals surface area contributed by atoms with Crippen LogP contribution in [0.3, 0.4) is 0 Å². The van der Waals surface area contributed by atoms with Gasteiger partial charge in [-0.3, -0.25) is 0 Å². The molecule has 10 aromatic rings. The van der Waals surface area contributed by atoms with Gasteiger partial charge >= 0.3 is 0 Å². The molecule has 0 N–H and O–H groups in total. The van der Waals surface area contributed by atoms with Crippen molar-refractivity contribution in [1.29, 1.82) is 0 Å². The Labute approximate surface area is 276 Å². The topological polar surface area (TPSA) is 4.93 Å². The van der Waals surface area contributed by atoms with Gasteiger partial charge in [0, 0.05) is 21.2 Å². The fourth-order valence-corrected chi connectivity index (χ4v) is 7.65. The van der Waals surface area contributed by atoms with Crippen molar-refractivity contribution in [3.8, 4) is 27.9 Å². The Morgan fingerprint density at radius 2 is 1.18 bits per heavy atom. The number of benzene rings is 8. The summed E-state index contributed by atoms with van der Waals surface area (Å²) in [7, 11) is 0. The van der Waals surface area contributed by atoms with Crippen molar-refractivity contribution in [3.63, 3.8) is 0 Å². The average Bonchev–Trinajstić information content (AvgIpc) is 3.74. The van der Waals surface area contributed by atoms with Gasteiger partial charge in [0.05, 0.1) is 33.6 Å². The van der Waals surface area contributed by atoms with Gasteiger partial charge in [0.2, 0.25) is 0 Å². The number of fused-ring (bicyclic) bond motifs is 5. The molecule has 0 radical (unpaired) electrons. The molecule has 0 amide bonds. The molecule has 0 spiro atoms. The van der Waals surface area contributed by atoms with Crippen LogP contribution in [0, 0.1) is 0 Å². The average molecular weight is 589 g/mol. The van der Waals surface area contributed by atoms with E-state index in [9.17, 15) is 8.22 Å². The largest absolute Gasteiger partial charge is 0.308 e. The van der Waals surface area contributed by atoms with E-state index in [0.717, 1.165) is 36.9 Å². The SMILES string of the molecule is [2H]c1c([2H])c([2H])c(-c2c([2H])c([2H])c3c([2H])c([2H])c4c(-c5ccc6c(c5)c5sc7ccccc7c5n6-c5ccccc5)c([2H])c([2H])c5c([2H])c([2H])c2c3c54)c([2H])c1[2H]. The highest BCUT2D eigenvalue weighted by Crippen LogP contribution is 2.46. The van der Waals surface area contributed by atoms with E-state index < -0.39 is 78.1 Å². The third-order valence-corrected chi connectivity index (χ3v) is 9.52. The molecule has 0 aliphatic carbocycles. The zero-order valence-electron chi connectivity index (χ0n) is 35.8. The van der Waals surface area contributed by atoms with Crippen molar-refractivity contribution in [2.75, 3.05) is 0 Å². The van der Waals surface area contributed by atoms with Gasteiger partial charge in [-0.1, -0.05) is 121 Å². The van der Waals surface area contributed by atoms with Gasteiger partial charge in [0.15, 0.2) is 0 Å². The van der Waals surface area contributed by atoms with E-state index in [0.29, 0.717) is 5.56 Å². The Morgan fingerprint density at radius 1 is 0.523 bits per heavy atom. The summed E-state index contributed by atoms with van der Waals surface area (Å²) in [4.78, 5) is 0. The van der Waals surface area contributed by atoms with Crippen LogP contribution in [0.2, 0.25) is 0 Å². The molecule has 0 atom stereocenters. The molecular formula is C42H25NS. The minimum Gasteiger partial charge on any atom is -0.308 e. The second kappa shape index (κ2) is 9.03. The maximum Gasteiger partial charge on any atom is 0.0727 e. The molecule has 44 heavy (non-hydrogen) atoms. The molecule has 2 heteroatoms. The Balaban J connectivity index is 1.39. The predicted molar refractivity (Wildman–Crippen MR) is 191 cm³/mol. The summed E-state index contributed by atoms with van der Waals surface area (Å²) in [6.07, 6.45) is 0. The van der Waals surface area contributed by atoms with Crippen molar-refractivity contribution >= 4 is 74.9 Å². The first-order valence-corrected chi connectivity index (χ1v) is 14.9. The molecule has 0 aliphatic rings. The molecular weight excluding hydrogens is 551 g/mol. The van der Waals surface area contributed by atoms with E-state index in [4.69, 9.17) is 9.60 Å². The molecule has 10 rings (SSSR count). The summed E-state index contributed by atoms with van der Waals surface area (Å²) in [5, 5.41) is 1.46. The van der Waals surface area contributed by atoms with Crippen LogP contribution in [0.25, 0.3) is 91.5 Å². The molecule has 0 aliphatic heterocycles. The van der Waals surface area contributed by atoms with Crippen LogP contribution >= 0.6 is 11.3 Å². The molecule has 1 nitrogen and oxygen atoms in total. The van der Waals surface area contributed by atoms with Gasteiger partial charge in [-0.25, -0.2) is 0 Å². The maximum atomic E-state index is 9.42. The highest BCUT2D eigenvalue weighted by molar-refractivity contribution is 7.26. The minimum absolute atomic E-state index is 0.0113. The fourth-order valence-electron chi connectivity index (χ4n) is 6.44. The number of hydrogen-bond acceptors (Lipinski definition) is 1. The molecule has 2 heterocycles.